The molecule has 2 atom stereocenters. The van der Waals surface area contributed by atoms with Crippen LogP contribution in [0.1, 0.15) is 43.5 Å². The van der Waals surface area contributed by atoms with E-state index < -0.39 is 33.3 Å². The van der Waals surface area contributed by atoms with Crippen molar-refractivity contribution in [2.24, 2.45) is 0 Å². The van der Waals surface area contributed by atoms with E-state index in [9.17, 15) is 17.7 Å². The molecule has 8 nitrogen and oxygen atoms in total. The van der Waals surface area contributed by atoms with Crippen LogP contribution in [0.15, 0.2) is 53.4 Å². The maximum Gasteiger partial charge on any atom is 0.410 e. The summed E-state index contributed by atoms with van der Waals surface area (Å²) < 4.78 is 45.1. The number of sulfonamides is 1. The molecular formula is C23H30ClFN4O4S. The van der Waals surface area contributed by atoms with E-state index in [0.717, 1.165) is 5.56 Å². The normalized spacial score (nSPS) is 19.8. The van der Waals surface area contributed by atoms with Gasteiger partial charge in [-0.3, -0.25) is 4.90 Å². The van der Waals surface area contributed by atoms with Crippen molar-refractivity contribution in [3.63, 3.8) is 0 Å². The molecule has 2 aromatic rings. The number of benzene rings is 2. The molecule has 11 heteroatoms. The van der Waals surface area contributed by atoms with Gasteiger partial charge in [0.2, 0.25) is 0 Å². The fraction of sp³-hybridized carbons (Fsp3) is 0.435. The van der Waals surface area contributed by atoms with Crippen LogP contribution in [0.5, 0.6) is 0 Å². The Balaban J connectivity index is 1.79. The first kappa shape index (κ1) is 26.4. The van der Waals surface area contributed by atoms with Crippen molar-refractivity contribution in [3.05, 3.63) is 65.2 Å². The minimum Gasteiger partial charge on any atom is -0.444 e. The first-order valence-electron chi connectivity index (χ1n) is 10.8. The van der Waals surface area contributed by atoms with E-state index in [1.807, 2.05) is 6.92 Å². The van der Waals surface area contributed by atoms with Crippen LogP contribution in [0.3, 0.4) is 0 Å². The van der Waals surface area contributed by atoms with Gasteiger partial charge in [0.1, 0.15) is 11.1 Å². The summed E-state index contributed by atoms with van der Waals surface area (Å²) >= 11 is 6.08. The summed E-state index contributed by atoms with van der Waals surface area (Å²) in [5, 5.41) is 0.484. The minimum atomic E-state index is -3.78. The average Bonchev–Trinajstić information content (AvgIpc) is 2.75. The molecule has 1 fully saturated rings. The van der Waals surface area contributed by atoms with Gasteiger partial charge in [-0.1, -0.05) is 42.0 Å². The third-order valence-electron chi connectivity index (χ3n) is 5.23. The maximum atomic E-state index is 14.5. The van der Waals surface area contributed by atoms with Gasteiger partial charge in [-0.15, -0.1) is 26.0 Å². The molecule has 1 aliphatic heterocycles. The highest BCUT2D eigenvalue weighted by Gasteiger charge is 2.39. The maximum absolute atomic E-state index is 14.5. The van der Waals surface area contributed by atoms with E-state index in [1.54, 1.807) is 57.2 Å². The number of nitrogens with one attached hydrogen (secondary N) is 2. The first-order chi connectivity index (χ1) is 15.9. The van der Waals surface area contributed by atoms with Gasteiger partial charge in [-0.05, 0) is 51.0 Å². The van der Waals surface area contributed by atoms with Gasteiger partial charge < -0.3 is 4.74 Å². The zero-order valence-corrected chi connectivity index (χ0v) is 21.2. The molecule has 1 aliphatic rings. The molecule has 1 saturated heterocycles. The number of nitrogens with zero attached hydrogens (tertiary/aromatic N) is 2. The number of amides is 1. The molecule has 3 rings (SSSR count). The number of piperazine rings is 1. The predicted octanol–water partition coefficient (Wildman–Crippen LogP) is 4.02. The largest absolute Gasteiger partial charge is 0.444 e. The third kappa shape index (κ3) is 6.67. The molecule has 1 heterocycles. The summed E-state index contributed by atoms with van der Waals surface area (Å²) in [6.07, 6.45) is -0.598. The van der Waals surface area contributed by atoms with Crippen molar-refractivity contribution in [2.75, 3.05) is 13.1 Å². The Morgan fingerprint density at radius 2 is 1.79 bits per heavy atom. The zero-order chi connectivity index (χ0) is 25.1. The number of ether oxygens (including phenoxy) is 1. The van der Waals surface area contributed by atoms with Gasteiger partial charge in [0.15, 0.2) is 0 Å². The second kappa shape index (κ2) is 10.6. The fourth-order valence-electron chi connectivity index (χ4n) is 3.57. The number of hydrogen-bond acceptors (Lipinski definition) is 6. The molecule has 0 aromatic heterocycles. The summed E-state index contributed by atoms with van der Waals surface area (Å²) in [6, 6.07) is 12.9. The predicted molar refractivity (Wildman–Crippen MR) is 128 cm³/mol. The lowest BCUT2D eigenvalue weighted by molar-refractivity contribution is -0.0706. The highest BCUT2D eigenvalue weighted by atomic mass is 35.5. The fourth-order valence-corrected chi connectivity index (χ4v) is 4.67. The monoisotopic (exact) mass is 512 g/mol. The van der Waals surface area contributed by atoms with Crippen molar-refractivity contribution < 1.29 is 22.4 Å². The lowest BCUT2D eigenvalue weighted by Crippen LogP contribution is -2.53. The van der Waals surface area contributed by atoms with Crippen molar-refractivity contribution >= 4 is 27.7 Å². The Morgan fingerprint density at radius 3 is 2.44 bits per heavy atom. The smallest absolute Gasteiger partial charge is 0.410 e. The first-order valence-corrected chi connectivity index (χ1v) is 12.7. The Labute approximate surface area is 205 Å². The molecule has 2 unspecified atom stereocenters. The quantitative estimate of drug-likeness (QED) is 0.263. The summed E-state index contributed by atoms with van der Waals surface area (Å²) in [6.45, 7) is 7.01. The Bertz CT molecular complexity index is 1110. The number of hydrazine groups is 1. The van der Waals surface area contributed by atoms with E-state index in [1.165, 1.54) is 17.0 Å². The van der Waals surface area contributed by atoms with Crippen LogP contribution in [0.2, 0.25) is 0 Å². The van der Waals surface area contributed by atoms with Crippen LogP contribution in [-0.2, 0) is 21.3 Å². The standard InChI is InChI=1S/C23H30ClFN4O4S/c1-16-9-11-18(12-10-16)34(31,32)27-26-13-17-7-5-6-8-19(17)20-14-29(25)21(24)15-28(20)22(30)33-23(2,3)4/h5-12,20-21,26-27H,13-15H2,1-4H3. The number of halogens is 2. The van der Waals surface area contributed by atoms with E-state index in [4.69, 9.17) is 16.3 Å². The van der Waals surface area contributed by atoms with E-state index in [0.29, 0.717) is 16.2 Å². The molecule has 0 radical (unpaired) electrons. The van der Waals surface area contributed by atoms with Crippen molar-refractivity contribution in [2.45, 2.75) is 56.3 Å². The van der Waals surface area contributed by atoms with Crippen molar-refractivity contribution in [1.29, 1.82) is 0 Å². The Morgan fingerprint density at radius 1 is 1.15 bits per heavy atom. The van der Waals surface area contributed by atoms with Crippen LogP contribution in [-0.4, -0.2) is 48.7 Å². The van der Waals surface area contributed by atoms with Crippen LogP contribution >= 0.6 is 11.6 Å². The summed E-state index contributed by atoms with van der Waals surface area (Å²) in [4.78, 5) is 16.8. The lowest BCUT2D eigenvalue weighted by Gasteiger charge is -2.41. The van der Waals surface area contributed by atoms with Crippen LogP contribution < -0.4 is 10.3 Å². The number of aryl methyl sites for hydroxylation is 1. The second-order valence-electron chi connectivity index (χ2n) is 9.14. The molecule has 1 amide bonds. The number of rotatable bonds is 6. The SMILES string of the molecule is Cc1ccc(S(=O)(=O)NNCc2ccccc2C2CN(F)C(Cl)CN2C(=O)OC(C)(C)C)cc1. The lowest BCUT2D eigenvalue weighted by atomic mass is 9.97. The van der Waals surface area contributed by atoms with Crippen LogP contribution in [0.25, 0.3) is 0 Å². The van der Waals surface area contributed by atoms with Gasteiger partial charge in [-0.2, -0.15) is 0 Å². The molecule has 2 aromatic carbocycles. The minimum absolute atomic E-state index is 0.0700. The average molecular weight is 513 g/mol. The molecule has 186 valence electrons. The molecule has 0 bridgehead atoms. The summed E-state index contributed by atoms with van der Waals surface area (Å²) in [7, 11) is -3.78. The molecule has 0 saturated carbocycles. The number of alkyl halides is 1. The van der Waals surface area contributed by atoms with Gasteiger partial charge in [0, 0.05) is 6.54 Å². The van der Waals surface area contributed by atoms with Gasteiger partial charge in [0.05, 0.1) is 24.0 Å². The highest BCUT2D eigenvalue weighted by Crippen LogP contribution is 2.33. The highest BCUT2D eigenvalue weighted by molar-refractivity contribution is 7.89. The van der Waals surface area contributed by atoms with Gasteiger partial charge >= 0.3 is 6.09 Å². The van der Waals surface area contributed by atoms with Gasteiger partial charge in [0.25, 0.3) is 10.0 Å². The summed E-state index contributed by atoms with van der Waals surface area (Å²) in [5.74, 6) is 0. The van der Waals surface area contributed by atoms with E-state index >= 15 is 0 Å². The number of carbonyl (C=O) groups excluding carboxylic acids is 1. The Kier molecular flexibility index (Phi) is 8.20. The summed E-state index contributed by atoms with van der Waals surface area (Å²) in [5.41, 5.74) is 3.29. The Hall–Kier alpha value is -2.24. The van der Waals surface area contributed by atoms with Gasteiger partial charge in [-0.25, -0.2) is 18.6 Å². The van der Waals surface area contributed by atoms with Crippen LogP contribution in [0.4, 0.5) is 9.28 Å². The molecule has 2 N–H and O–H groups in total. The topological polar surface area (TPSA) is 91.0 Å². The second-order valence-corrected chi connectivity index (χ2v) is 11.3. The van der Waals surface area contributed by atoms with E-state index in [2.05, 4.69) is 10.3 Å². The van der Waals surface area contributed by atoms with Crippen molar-refractivity contribution in [3.8, 4) is 0 Å². The molecule has 34 heavy (non-hydrogen) atoms. The van der Waals surface area contributed by atoms with Crippen molar-refractivity contribution in [1.82, 2.24) is 20.3 Å². The molecule has 0 spiro atoms. The third-order valence-corrected chi connectivity index (χ3v) is 6.89. The van der Waals surface area contributed by atoms with E-state index in [-0.39, 0.29) is 24.5 Å². The zero-order valence-electron chi connectivity index (χ0n) is 19.6. The molecule has 0 aliphatic carbocycles. The number of carbonyl (C=O) groups is 1. The van der Waals surface area contributed by atoms with Crippen LogP contribution in [0, 0.1) is 6.92 Å². The number of hydrogen-bond donors (Lipinski definition) is 2. The molecular weight excluding hydrogens is 483 g/mol.